The molecule has 0 fully saturated rings. The molecule has 1 N–H and O–H groups in total. The highest BCUT2D eigenvalue weighted by Gasteiger charge is 2.36. The molecule has 4 heteroatoms. The number of benzene rings is 1. The van der Waals surface area contributed by atoms with Crippen molar-refractivity contribution in [2.24, 2.45) is 0 Å². The van der Waals surface area contributed by atoms with Gasteiger partial charge in [-0.3, -0.25) is 4.79 Å². The lowest BCUT2D eigenvalue weighted by Gasteiger charge is -2.33. The molecule has 4 nitrogen and oxygen atoms in total. The lowest BCUT2D eigenvalue weighted by molar-refractivity contribution is -0.155. The van der Waals surface area contributed by atoms with Gasteiger partial charge >= 0.3 is 5.97 Å². The van der Waals surface area contributed by atoms with Crippen LogP contribution in [-0.2, 0) is 9.59 Å². The predicted octanol–water partition coefficient (Wildman–Crippen LogP) is 2.11. The number of likely N-dealkylation sites (N-methyl/N-ethyl adjacent to an activating group) is 1. The Morgan fingerprint density at radius 1 is 1.22 bits per heavy atom. The highest BCUT2D eigenvalue weighted by molar-refractivity contribution is 5.89. The number of aliphatic carboxylic acids is 1. The number of hydrogen-bond donors (Lipinski definition) is 1. The second-order valence-corrected chi connectivity index (χ2v) is 4.89. The number of rotatable bonds is 4. The van der Waals surface area contributed by atoms with Crippen molar-refractivity contribution < 1.29 is 14.7 Å². The van der Waals surface area contributed by atoms with Gasteiger partial charge in [-0.1, -0.05) is 30.3 Å². The molecule has 0 unspecified atom stereocenters. The smallest absolute Gasteiger partial charge is 0.329 e. The van der Waals surface area contributed by atoms with Crippen LogP contribution in [0, 0.1) is 0 Å². The summed E-state index contributed by atoms with van der Waals surface area (Å²) in [4.78, 5) is 24.7. The molecule has 1 aromatic rings. The molecule has 0 saturated carbocycles. The highest BCUT2D eigenvalue weighted by Crippen LogP contribution is 2.22. The van der Waals surface area contributed by atoms with E-state index in [2.05, 4.69) is 0 Å². The minimum absolute atomic E-state index is 0.200. The van der Waals surface area contributed by atoms with Gasteiger partial charge in [0.2, 0.25) is 5.91 Å². The van der Waals surface area contributed by atoms with Crippen LogP contribution < -0.4 is 0 Å². The summed E-state index contributed by atoms with van der Waals surface area (Å²) in [7, 11) is 1.52. The first-order valence-electron chi connectivity index (χ1n) is 5.84. The summed E-state index contributed by atoms with van der Waals surface area (Å²) in [6.45, 7) is 4.82. The van der Waals surface area contributed by atoms with E-state index in [0.29, 0.717) is 0 Å². The van der Waals surface area contributed by atoms with Crippen molar-refractivity contribution in [1.82, 2.24) is 4.90 Å². The van der Waals surface area contributed by atoms with Crippen LogP contribution in [0.3, 0.4) is 0 Å². The molecule has 1 amide bonds. The molecular formula is C14H19NO3. The van der Waals surface area contributed by atoms with Crippen molar-refractivity contribution >= 4 is 11.9 Å². The number of hydrogen-bond acceptors (Lipinski definition) is 2. The maximum absolute atomic E-state index is 12.3. The molecule has 0 saturated heterocycles. The quantitative estimate of drug-likeness (QED) is 0.889. The Morgan fingerprint density at radius 3 is 2.17 bits per heavy atom. The fraction of sp³-hybridized carbons (Fsp3) is 0.429. The molecule has 0 spiro atoms. The van der Waals surface area contributed by atoms with Crippen LogP contribution in [0.15, 0.2) is 30.3 Å². The summed E-state index contributed by atoms with van der Waals surface area (Å²) in [6.07, 6.45) is 0. The maximum atomic E-state index is 12.3. The van der Waals surface area contributed by atoms with Crippen LogP contribution >= 0.6 is 0 Å². The second kappa shape index (κ2) is 5.21. The van der Waals surface area contributed by atoms with Gasteiger partial charge < -0.3 is 10.0 Å². The number of carbonyl (C=O) groups is 2. The van der Waals surface area contributed by atoms with Crippen molar-refractivity contribution in [3.63, 3.8) is 0 Å². The van der Waals surface area contributed by atoms with E-state index in [1.807, 2.05) is 30.3 Å². The van der Waals surface area contributed by atoms with Crippen LogP contribution in [0.25, 0.3) is 0 Å². The molecule has 0 aliphatic rings. The number of nitrogens with zero attached hydrogens (tertiary/aromatic N) is 1. The van der Waals surface area contributed by atoms with Gasteiger partial charge in [-0.25, -0.2) is 4.79 Å². The summed E-state index contributed by atoms with van der Waals surface area (Å²) in [5.74, 6) is -1.57. The van der Waals surface area contributed by atoms with Gasteiger partial charge in [0.15, 0.2) is 0 Å². The largest absolute Gasteiger partial charge is 0.480 e. The topological polar surface area (TPSA) is 57.6 Å². The lowest BCUT2D eigenvalue weighted by Crippen LogP contribution is -2.51. The van der Waals surface area contributed by atoms with E-state index in [1.54, 1.807) is 6.92 Å². The lowest BCUT2D eigenvalue weighted by atomic mass is 9.96. The van der Waals surface area contributed by atoms with E-state index in [9.17, 15) is 9.59 Å². The summed E-state index contributed by atoms with van der Waals surface area (Å²) in [5.41, 5.74) is -0.323. The zero-order valence-corrected chi connectivity index (χ0v) is 11.2. The maximum Gasteiger partial charge on any atom is 0.329 e. The zero-order valence-electron chi connectivity index (χ0n) is 11.2. The highest BCUT2D eigenvalue weighted by atomic mass is 16.4. The van der Waals surface area contributed by atoms with Gasteiger partial charge in [0.25, 0.3) is 0 Å². The summed E-state index contributed by atoms with van der Waals surface area (Å²) in [5, 5.41) is 9.12. The van der Waals surface area contributed by atoms with Crippen molar-refractivity contribution in [2.75, 3.05) is 7.05 Å². The molecule has 0 radical (unpaired) electrons. The first kappa shape index (κ1) is 14.2. The Labute approximate surface area is 107 Å². The van der Waals surface area contributed by atoms with Crippen molar-refractivity contribution in [3.05, 3.63) is 35.9 Å². The molecule has 0 bridgehead atoms. The van der Waals surface area contributed by atoms with E-state index >= 15 is 0 Å². The van der Waals surface area contributed by atoms with E-state index in [-0.39, 0.29) is 11.8 Å². The molecule has 1 aromatic carbocycles. The Kier molecular flexibility index (Phi) is 4.11. The van der Waals surface area contributed by atoms with Crippen LogP contribution in [0.1, 0.15) is 32.3 Å². The summed E-state index contributed by atoms with van der Waals surface area (Å²) >= 11 is 0. The van der Waals surface area contributed by atoms with Gasteiger partial charge in [0, 0.05) is 7.05 Å². The molecule has 1 rings (SSSR count). The van der Waals surface area contributed by atoms with Crippen molar-refractivity contribution in [1.29, 1.82) is 0 Å². The van der Waals surface area contributed by atoms with Crippen molar-refractivity contribution in [3.8, 4) is 0 Å². The van der Waals surface area contributed by atoms with Gasteiger partial charge in [-0.15, -0.1) is 0 Å². The number of carboxylic acids is 1. The van der Waals surface area contributed by atoms with Crippen LogP contribution in [0.4, 0.5) is 0 Å². The SMILES string of the molecule is C[C@H](C(=O)N(C)C(C)(C)C(=O)O)c1ccccc1. The Bertz CT molecular complexity index is 440. The average Bonchev–Trinajstić information content (AvgIpc) is 2.36. The van der Waals surface area contributed by atoms with Gasteiger partial charge in [0.1, 0.15) is 5.54 Å². The number of carbonyl (C=O) groups excluding carboxylic acids is 1. The van der Waals surface area contributed by atoms with Gasteiger partial charge in [0.05, 0.1) is 5.92 Å². The molecule has 98 valence electrons. The van der Waals surface area contributed by atoms with E-state index < -0.39 is 11.5 Å². The fourth-order valence-corrected chi connectivity index (χ4v) is 1.59. The number of carboxylic acid groups (broad SMARTS) is 1. The van der Waals surface area contributed by atoms with Crippen LogP contribution in [0.5, 0.6) is 0 Å². The minimum atomic E-state index is -1.21. The van der Waals surface area contributed by atoms with Gasteiger partial charge in [-0.2, -0.15) is 0 Å². The molecule has 1 atom stereocenters. The first-order chi connectivity index (χ1) is 8.28. The Hall–Kier alpha value is -1.84. The fourth-order valence-electron chi connectivity index (χ4n) is 1.59. The third-order valence-electron chi connectivity index (χ3n) is 3.36. The van der Waals surface area contributed by atoms with E-state index in [1.165, 1.54) is 25.8 Å². The molecular weight excluding hydrogens is 230 g/mol. The summed E-state index contributed by atoms with van der Waals surface area (Å²) in [6, 6.07) is 9.34. The monoisotopic (exact) mass is 249 g/mol. The predicted molar refractivity (Wildman–Crippen MR) is 69.3 cm³/mol. The standard InChI is InChI=1S/C14H19NO3/c1-10(11-8-6-5-7-9-11)12(16)15(4)14(2,3)13(17)18/h5-10H,1-4H3,(H,17,18)/t10-/m0/s1. The molecule has 0 aliphatic heterocycles. The molecule has 0 aromatic heterocycles. The minimum Gasteiger partial charge on any atom is -0.480 e. The number of amides is 1. The third-order valence-corrected chi connectivity index (χ3v) is 3.36. The van der Waals surface area contributed by atoms with Crippen LogP contribution in [-0.4, -0.2) is 34.5 Å². The Balaban J connectivity index is 2.92. The second-order valence-electron chi connectivity index (χ2n) is 4.89. The third kappa shape index (κ3) is 2.70. The van der Waals surface area contributed by atoms with Crippen LogP contribution in [0.2, 0.25) is 0 Å². The first-order valence-corrected chi connectivity index (χ1v) is 5.84. The van der Waals surface area contributed by atoms with Crippen molar-refractivity contribution in [2.45, 2.75) is 32.2 Å². The molecule has 0 heterocycles. The average molecular weight is 249 g/mol. The molecule has 0 aliphatic carbocycles. The normalized spacial score (nSPS) is 12.9. The zero-order chi connectivity index (χ0) is 13.9. The molecule has 18 heavy (non-hydrogen) atoms. The Morgan fingerprint density at radius 2 is 1.72 bits per heavy atom. The van der Waals surface area contributed by atoms with E-state index in [4.69, 9.17) is 5.11 Å². The van der Waals surface area contributed by atoms with Gasteiger partial charge in [-0.05, 0) is 26.3 Å². The van der Waals surface area contributed by atoms with E-state index in [0.717, 1.165) is 5.56 Å². The summed E-state index contributed by atoms with van der Waals surface area (Å²) < 4.78 is 0.